The maximum absolute atomic E-state index is 13.8. The van der Waals surface area contributed by atoms with Crippen molar-refractivity contribution in [3.63, 3.8) is 0 Å². The van der Waals surface area contributed by atoms with E-state index in [4.69, 9.17) is 0 Å². The number of benzene rings is 1. The van der Waals surface area contributed by atoms with Gasteiger partial charge < -0.3 is 10.6 Å². The van der Waals surface area contributed by atoms with E-state index >= 15 is 0 Å². The molecule has 2 N–H and O–H groups in total. The molecule has 0 aromatic heterocycles. The van der Waals surface area contributed by atoms with E-state index in [1.807, 2.05) is 0 Å². The Balaban J connectivity index is 2.13. The molecular weight excluding hydrogens is 292 g/mol. The number of nitrogens with one attached hydrogen (secondary N) is 2. The number of nitrogens with zero attached hydrogens (tertiary/aromatic N) is 1. The lowest BCUT2D eigenvalue weighted by atomic mass is 10.1. The summed E-state index contributed by atoms with van der Waals surface area (Å²) in [6, 6.07) is 3.28. The van der Waals surface area contributed by atoms with Crippen molar-refractivity contribution < 1.29 is 18.4 Å². The Morgan fingerprint density at radius 1 is 1.45 bits per heavy atom. The number of amides is 2. The average Bonchev–Trinajstić information content (AvgIpc) is 2.48. The number of carbonyl (C=O) groups excluding carboxylic acids is 2. The van der Waals surface area contributed by atoms with Gasteiger partial charge in [-0.05, 0) is 13.0 Å². The third-order valence-corrected chi connectivity index (χ3v) is 3.60. The van der Waals surface area contributed by atoms with Crippen molar-refractivity contribution >= 4 is 11.8 Å². The monoisotopic (exact) mass is 311 g/mol. The molecule has 22 heavy (non-hydrogen) atoms. The summed E-state index contributed by atoms with van der Waals surface area (Å²) in [4.78, 5) is 25.4. The Labute approximate surface area is 127 Å². The predicted octanol–water partition coefficient (Wildman–Crippen LogP) is 0.791. The van der Waals surface area contributed by atoms with Crippen LogP contribution in [0.25, 0.3) is 0 Å². The van der Waals surface area contributed by atoms with E-state index in [0.29, 0.717) is 19.6 Å². The van der Waals surface area contributed by atoms with E-state index in [0.717, 1.165) is 6.07 Å². The zero-order valence-electron chi connectivity index (χ0n) is 12.4. The topological polar surface area (TPSA) is 61.4 Å². The van der Waals surface area contributed by atoms with E-state index in [-0.39, 0.29) is 30.3 Å². The fourth-order valence-electron chi connectivity index (χ4n) is 2.51. The van der Waals surface area contributed by atoms with E-state index in [9.17, 15) is 18.4 Å². The zero-order chi connectivity index (χ0) is 16.1. The van der Waals surface area contributed by atoms with E-state index in [1.165, 1.54) is 12.1 Å². The number of piperazine rings is 1. The summed E-state index contributed by atoms with van der Waals surface area (Å²) < 4.78 is 27.1. The van der Waals surface area contributed by atoms with Gasteiger partial charge in [-0.3, -0.25) is 14.5 Å². The molecule has 0 unspecified atom stereocenters. The largest absolute Gasteiger partial charge is 0.356 e. The Morgan fingerprint density at radius 2 is 2.23 bits per heavy atom. The van der Waals surface area contributed by atoms with Gasteiger partial charge in [0.1, 0.15) is 0 Å². The van der Waals surface area contributed by atoms with Crippen LogP contribution in [0, 0.1) is 11.6 Å². The maximum atomic E-state index is 13.8. The van der Waals surface area contributed by atoms with Crippen LogP contribution in [0.1, 0.15) is 18.9 Å². The van der Waals surface area contributed by atoms with Gasteiger partial charge in [0.25, 0.3) is 0 Å². The van der Waals surface area contributed by atoms with Gasteiger partial charge >= 0.3 is 0 Å². The van der Waals surface area contributed by atoms with Gasteiger partial charge in [-0.15, -0.1) is 0 Å². The number of hydrogen-bond donors (Lipinski definition) is 2. The highest BCUT2D eigenvalue weighted by molar-refractivity contribution is 5.88. The molecule has 1 atom stereocenters. The molecule has 1 aromatic rings. The van der Waals surface area contributed by atoms with Crippen molar-refractivity contribution in [1.29, 1.82) is 0 Å². The molecule has 1 fully saturated rings. The summed E-state index contributed by atoms with van der Waals surface area (Å²) in [5.41, 5.74) is 0.176. The highest BCUT2D eigenvalue weighted by atomic mass is 19.2. The Kier molecular flexibility index (Phi) is 5.43. The molecule has 0 spiro atoms. The van der Waals surface area contributed by atoms with Crippen molar-refractivity contribution in [1.82, 2.24) is 15.5 Å². The quantitative estimate of drug-likeness (QED) is 0.845. The number of rotatable bonds is 5. The molecule has 7 heteroatoms. The highest BCUT2D eigenvalue weighted by Gasteiger charge is 2.32. The van der Waals surface area contributed by atoms with Crippen LogP contribution in [-0.2, 0) is 16.1 Å². The van der Waals surface area contributed by atoms with Gasteiger partial charge in [0.15, 0.2) is 11.6 Å². The SMILES string of the molecule is CCNC(=O)C[C@H]1C(=O)NCCN1Cc1cccc(F)c1F. The molecule has 0 aliphatic carbocycles. The zero-order valence-corrected chi connectivity index (χ0v) is 12.4. The van der Waals surface area contributed by atoms with Crippen molar-refractivity contribution in [3.05, 3.63) is 35.4 Å². The van der Waals surface area contributed by atoms with Crippen LogP contribution < -0.4 is 10.6 Å². The van der Waals surface area contributed by atoms with Crippen molar-refractivity contribution in [2.45, 2.75) is 25.9 Å². The second-order valence-electron chi connectivity index (χ2n) is 5.15. The van der Waals surface area contributed by atoms with Crippen molar-refractivity contribution in [2.75, 3.05) is 19.6 Å². The predicted molar refractivity (Wildman–Crippen MR) is 76.9 cm³/mol. The fraction of sp³-hybridized carbons (Fsp3) is 0.467. The van der Waals surface area contributed by atoms with Crippen LogP contribution in [0.5, 0.6) is 0 Å². The Hall–Kier alpha value is -2.02. The standard InChI is InChI=1S/C15H19F2N3O2/c1-2-18-13(21)8-12-15(22)19-6-7-20(12)9-10-4-3-5-11(16)14(10)17/h3-5,12H,2,6-9H2,1H3,(H,18,21)(H,19,22)/t12-/m0/s1. The van der Waals surface area contributed by atoms with Crippen molar-refractivity contribution in [3.8, 4) is 0 Å². The molecule has 2 rings (SSSR count). The minimum absolute atomic E-state index is 0.00336. The van der Waals surface area contributed by atoms with Gasteiger partial charge in [0.05, 0.1) is 12.5 Å². The van der Waals surface area contributed by atoms with Crippen LogP contribution in [0.4, 0.5) is 8.78 Å². The second kappa shape index (κ2) is 7.31. The summed E-state index contributed by atoms with van der Waals surface area (Å²) in [5.74, 6) is -2.34. The van der Waals surface area contributed by atoms with Crippen LogP contribution in [-0.4, -0.2) is 42.4 Å². The maximum Gasteiger partial charge on any atom is 0.237 e. The Bertz CT molecular complexity index is 566. The average molecular weight is 311 g/mol. The highest BCUT2D eigenvalue weighted by Crippen LogP contribution is 2.17. The number of carbonyl (C=O) groups is 2. The summed E-state index contributed by atoms with van der Waals surface area (Å²) in [6.45, 7) is 3.25. The van der Waals surface area contributed by atoms with Crippen LogP contribution in [0.2, 0.25) is 0 Å². The minimum Gasteiger partial charge on any atom is -0.356 e. The third-order valence-electron chi connectivity index (χ3n) is 3.60. The molecule has 0 saturated carbocycles. The van der Waals surface area contributed by atoms with E-state index in [1.54, 1.807) is 11.8 Å². The van der Waals surface area contributed by atoms with Gasteiger partial charge in [0, 0.05) is 31.7 Å². The molecule has 1 saturated heterocycles. The van der Waals surface area contributed by atoms with Gasteiger partial charge in [-0.1, -0.05) is 12.1 Å². The molecule has 1 aliphatic rings. The normalized spacial score (nSPS) is 18.9. The second-order valence-corrected chi connectivity index (χ2v) is 5.15. The molecule has 1 heterocycles. The number of halogens is 2. The third kappa shape index (κ3) is 3.79. The Morgan fingerprint density at radius 3 is 2.95 bits per heavy atom. The van der Waals surface area contributed by atoms with E-state index in [2.05, 4.69) is 10.6 Å². The molecule has 0 bridgehead atoms. The molecule has 1 aliphatic heterocycles. The van der Waals surface area contributed by atoms with Gasteiger partial charge in [-0.25, -0.2) is 8.78 Å². The van der Waals surface area contributed by atoms with Crippen LogP contribution in [0.15, 0.2) is 18.2 Å². The number of hydrogen-bond acceptors (Lipinski definition) is 3. The summed E-state index contributed by atoms with van der Waals surface area (Å²) >= 11 is 0. The lowest BCUT2D eigenvalue weighted by Crippen LogP contribution is -2.56. The molecular formula is C15H19F2N3O2. The molecule has 1 aromatic carbocycles. The fourth-order valence-corrected chi connectivity index (χ4v) is 2.51. The molecule has 120 valence electrons. The first-order chi connectivity index (χ1) is 10.5. The first-order valence-corrected chi connectivity index (χ1v) is 7.24. The summed E-state index contributed by atoms with van der Waals surface area (Å²) in [5, 5.41) is 5.33. The van der Waals surface area contributed by atoms with Crippen LogP contribution >= 0.6 is 0 Å². The first-order valence-electron chi connectivity index (χ1n) is 7.24. The van der Waals surface area contributed by atoms with Crippen LogP contribution in [0.3, 0.4) is 0 Å². The molecule has 0 radical (unpaired) electrons. The molecule has 2 amide bonds. The van der Waals surface area contributed by atoms with Crippen molar-refractivity contribution in [2.24, 2.45) is 0 Å². The molecule has 5 nitrogen and oxygen atoms in total. The minimum atomic E-state index is -0.917. The summed E-state index contributed by atoms with van der Waals surface area (Å²) in [7, 11) is 0. The van der Waals surface area contributed by atoms with Gasteiger partial charge in [-0.2, -0.15) is 0 Å². The van der Waals surface area contributed by atoms with E-state index < -0.39 is 17.7 Å². The smallest absolute Gasteiger partial charge is 0.237 e. The first kappa shape index (κ1) is 16.4. The summed E-state index contributed by atoms with van der Waals surface area (Å²) in [6.07, 6.45) is -0.00336. The lowest BCUT2D eigenvalue weighted by Gasteiger charge is -2.34. The lowest BCUT2D eigenvalue weighted by molar-refractivity contribution is -0.134. The van der Waals surface area contributed by atoms with Gasteiger partial charge in [0.2, 0.25) is 11.8 Å².